The molecule has 4 heterocycles. The Bertz CT molecular complexity index is 1500. The van der Waals surface area contributed by atoms with Crippen LogP contribution in [0.25, 0.3) is 11.1 Å². The van der Waals surface area contributed by atoms with E-state index in [0.29, 0.717) is 57.0 Å². The molecule has 2 fully saturated rings. The number of halogens is 1. The van der Waals surface area contributed by atoms with Crippen LogP contribution in [-0.4, -0.2) is 96.5 Å². The van der Waals surface area contributed by atoms with Gasteiger partial charge in [0.05, 0.1) is 18.2 Å². The number of morpholine rings is 1. The average molecular weight is 613 g/mol. The topological polar surface area (TPSA) is 156 Å². The van der Waals surface area contributed by atoms with Crippen molar-refractivity contribution in [2.45, 2.75) is 31.7 Å². The van der Waals surface area contributed by atoms with Gasteiger partial charge in [-0.25, -0.2) is 9.97 Å². The molecular formula is C29H33ClN6O7. The average Bonchev–Trinajstić information content (AvgIpc) is 3.38. The van der Waals surface area contributed by atoms with Crippen molar-refractivity contribution < 1.29 is 33.1 Å². The Morgan fingerprint density at radius 2 is 1.93 bits per heavy atom. The maximum atomic E-state index is 13.5. The number of rotatable bonds is 9. The van der Waals surface area contributed by atoms with Gasteiger partial charge in [0.25, 0.3) is 11.8 Å². The number of nitrogens with zero attached hydrogens (tertiary/aromatic N) is 4. The molecule has 3 aromatic rings. The summed E-state index contributed by atoms with van der Waals surface area (Å²) in [5.41, 5.74) is 0.562. The van der Waals surface area contributed by atoms with Crippen molar-refractivity contribution >= 4 is 57.8 Å². The molecule has 2 N–H and O–H groups in total. The van der Waals surface area contributed by atoms with Crippen molar-refractivity contribution in [2.24, 2.45) is 5.92 Å². The maximum absolute atomic E-state index is 13.5. The van der Waals surface area contributed by atoms with E-state index in [2.05, 4.69) is 20.6 Å². The van der Waals surface area contributed by atoms with Gasteiger partial charge in [0.2, 0.25) is 17.6 Å². The molecule has 0 bridgehead atoms. The Morgan fingerprint density at radius 1 is 1.14 bits per heavy atom. The number of carbonyl (C=O) groups excluding carboxylic acids is 4. The molecule has 1 saturated heterocycles. The number of fused-ring (bicyclic) bond motifs is 1. The van der Waals surface area contributed by atoms with E-state index in [1.807, 2.05) is 4.90 Å². The van der Waals surface area contributed by atoms with Crippen molar-refractivity contribution in [1.82, 2.24) is 19.8 Å². The molecular weight excluding hydrogens is 580 g/mol. The first-order chi connectivity index (χ1) is 20.7. The van der Waals surface area contributed by atoms with Crippen molar-refractivity contribution in [3.63, 3.8) is 0 Å². The molecule has 1 aliphatic carbocycles. The number of aromatic nitrogens is 2. The van der Waals surface area contributed by atoms with Crippen LogP contribution < -0.4 is 10.6 Å². The summed E-state index contributed by atoms with van der Waals surface area (Å²) in [6.07, 6.45) is 3.87. The summed E-state index contributed by atoms with van der Waals surface area (Å²) in [6.45, 7) is 1.85. The van der Waals surface area contributed by atoms with E-state index in [4.69, 9.17) is 25.5 Å². The molecule has 1 saturated carbocycles. The van der Waals surface area contributed by atoms with Gasteiger partial charge >= 0.3 is 0 Å². The number of nitrogens with one attached hydrogen (secondary N) is 2. The molecule has 0 spiro atoms. The Labute approximate surface area is 252 Å². The minimum atomic E-state index is -0.664. The minimum absolute atomic E-state index is 0.0286. The van der Waals surface area contributed by atoms with E-state index < -0.39 is 5.91 Å². The van der Waals surface area contributed by atoms with Gasteiger partial charge in [0.15, 0.2) is 5.58 Å². The second-order valence-corrected chi connectivity index (χ2v) is 11.0. The highest BCUT2D eigenvalue weighted by molar-refractivity contribution is 6.30. The first-order valence-electron chi connectivity index (χ1n) is 14.0. The van der Waals surface area contributed by atoms with Gasteiger partial charge < -0.3 is 34.3 Å². The van der Waals surface area contributed by atoms with Crippen LogP contribution in [0.5, 0.6) is 0 Å². The lowest BCUT2D eigenvalue weighted by Gasteiger charge is -2.38. The molecule has 0 unspecified atom stereocenters. The molecule has 0 radical (unpaired) electrons. The number of ether oxygens (including phenoxy) is 2. The van der Waals surface area contributed by atoms with Gasteiger partial charge in [0, 0.05) is 45.4 Å². The van der Waals surface area contributed by atoms with E-state index >= 15 is 0 Å². The van der Waals surface area contributed by atoms with Gasteiger partial charge in [-0.1, -0.05) is 11.6 Å². The summed E-state index contributed by atoms with van der Waals surface area (Å²) in [4.78, 5) is 64.1. The summed E-state index contributed by atoms with van der Waals surface area (Å²) in [5.74, 6) is -1.66. The highest BCUT2D eigenvalue weighted by atomic mass is 35.5. The number of anilines is 2. The van der Waals surface area contributed by atoms with E-state index in [0.717, 1.165) is 0 Å². The zero-order valence-electron chi connectivity index (χ0n) is 23.9. The molecule has 1 aliphatic heterocycles. The molecule has 0 atom stereocenters. The van der Waals surface area contributed by atoms with Crippen LogP contribution >= 0.6 is 11.6 Å². The molecule has 0 aromatic carbocycles. The largest absolute Gasteiger partial charge is 0.447 e. The van der Waals surface area contributed by atoms with E-state index in [9.17, 15) is 19.2 Å². The second-order valence-electron chi connectivity index (χ2n) is 10.5. The zero-order valence-corrected chi connectivity index (χ0v) is 24.7. The summed E-state index contributed by atoms with van der Waals surface area (Å²) in [6, 6.07) is 6.21. The Morgan fingerprint density at radius 3 is 2.63 bits per heavy atom. The Kier molecular flexibility index (Phi) is 9.53. The third-order valence-electron chi connectivity index (χ3n) is 7.68. The van der Waals surface area contributed by atoms with Crippen LogP contribution in [0.3, 0.4) is 0 Å². The van der Waals surface area contributed by atoms with Crippen LogP contribution in [0.2, 0.25) is 5.02 Å². The zero-order chi connectivity index (χ0) is 30.5. The molecule has 14 heteroatoms. The third-order valence-corrected chi connectivity index (χ3v) is 7.91. The number of methoxy groups -OCH3 is 1. The van der Waals surface area contributed by atoms with Crippen LogP contribution in [0.1, 0.15) is 46.7 Å². The highest BCUT2D eigenvalue weighted by Gasteiger charge is 2.34. The van der Waals surface area contributed by atoms with Crippen LogP contribution in [-0.2, 0) is 19.1 Å². The third kappa shape index (κ3) is 6.95. The van der Waals surface area contributed by atoms with Gasteiger partial charge in [-0.05, 0) is 49.9 Å². The standard InChI is InChI=1S/C29H33ClN6O7/c1-35(11-13-41-2)29(40)20-8-9-21-24(32-20)25(26(43-21)28(39)33-22-10-5-18(30)15-31-22)34-27(38)17-3-6-19(7-4-17)36-12-14-42-16-23(36)37/h5,8-10,15,17,19H,3-4,6-7,11-14,16H2,1-2H3,(H,34,38)(H,31,33,39). The normalized spacial score (nSPS) is 18.9. The summed E-state index contributed by atoms with van der Waals surface area (Å²) in [7, 11) is 3.17. The van der Waals surface area contributed by atoms with Crippen LogP contribution in [0, 0.1) is 5.92 Å². The summed E-state index contributed by atoms with van der Waals surface area (Å²) < 4.78 is 16.2. The fourth-order valence-electron chi connectivity index (χ4n) is 5.31. The highest BCUT2D eigenvalue weighted by Crippen LogP contribution is 2.34. The first kappa shape index (κ1) is 30.4. The van der Waals surface area contributed by atoms with E-state index in [-0.39, 0.29) is 70.3 Å². The lowest BCUT2D eigenvalue weighted by atomic mass is 9.84. The number of pyridine rings is 2. The molecule has 13 nitrogen and oxygen atoms in total. The van der Waals surface area contributed by atoms with Gasteiger partial charge in [-0.15, -0.1) is 0 Å². The second kappa shape index (κ2) is 13.5. The van der Waals surface area contributed by atoms with Gasteiger partial charge in [-0.2, -0.15) is 0 Å². The fourth-order valence-corrected chi connectivity index (χ4v) is 5.42. The first-order valence-corrected chi connectivity index (χ1v) is 14.4. The lowest BCUT2D eigenvalue weighted by molar-refractivity contribution is -0.146. The minimum Gasteiger partial charge on any atom is -0.447 e. The number of amides is 4. The number of hydrogen-bond donors (Lipinski definition) is 2. The van der Waals surface area contributed by atoms with E-state index in [1.165, 1.54) is 29.3 Å². The predicted octanol–water partition coefficient (Wildman–Crippen LogP) is 3.20. The van der Waals surface area contributed by atoms with Gasteiger partial charge in [-0.3, -0.25) is 19.2 Å². The smallest absolute Gasteiger partial charge is 0.294 e. The fraction of sp³-hybridized carbons (Fsp3) is 0.448. The monoisotopic (exact) mass is 612 g/mol. The van der Waals surface area contributed by atoms with Crippen molar-refractivity contribution in [3.8, 4) is 0 Å². The number of carbonyl (C=O) groups is 4. The lowest BCUT2D eigenvalue weighted by Crippen LogP contribution is -2.49. The maximum Gasteiger partial charge on any atom is 0.294 e. The SMILES string of the molecule is COCCN(C)C(=O)c1ccc2oc(C(=O)Nc3ccc(Cl)cn3)c(NC(=O)C3CCC(N4CCOCC4=O)CC3)c2n1. The van der Waals surface area contributed by atoms with E-state index in [1.54, 1.807) is 20.2 Å². The van der Waals surface area contributed by atoms with Crippen LogP contribution in [0.4, 0.5) is 11.5 Å². The molecule has 3 aromatic heterocycles. The molecule has 4 amide bonds. The van der Waals surface area contributed by atoms with Crippen molar-refractivity contribution in [3.05, 3.63) is 46.9 Å². The van der Waals surface area contributed by atoms with Crippen molar-refractivity contribution in [1.29, 1.82) is 0 Å². The summed E-state index contributed by atoms with van der Waals surface area (Å²) >= 11 is 5.91. The molecule has 43 heavy (non-hydrogen) atoms. The van der Waals surface area contributed by atoms with Crippen molar-refractivity contribution in [2.75, 3.05) is 57.7 Å². The quantitative estimate of drug-likeness (QED) is 0.370. The number of hydrogen-bond acceptors (Lipinski definition) is 9. The van der Waals surface area contributed by atoms with Crippen LogP contribution in [0.15, 0.2) is 34.9 Å². The Balaban J connectivity index is 1.39. The Hall–Kier alpha value is -4.07. The number of furan rings is 1. The molecule has 5 rings (SSSR count). The number of likely N-dealkylation sites (N-methyl/N-ethyl adjacent to an activating group) is 1. The predicted molar refractivity (Wildman–Crippen MR) is 157 cm³/mol. The molecule has 2 aliphatic rings. The molecule has 228 valence electrons. The summed E-state index contributed by atoms with van der Waals surface area (Å²) in [5, 5.41) is 5.92. The van der Waals surface area contributed by atoms with Gasteiger partial charge in [0.1, 0.15) is 29.3 Å².